The van der Waals surface area contributed by atoms with Crippen LogP contribution in [-0.4, -0.2) is 25.1 Å². The molecule has 102 valence electrons. The fraction of sp³-hybridized carbons (Fsp3) is 0.286. The smallest absolute Gasteiger partial charge is 0.120 e. The topological polar surface area (TPSA) is 12.5 Å². The molecular formula is C14H15BrClNOS. The Hall–Kier alpha value is -0.550. The Morgan fingerprint density at radius 3 is 2.84 bits per heavy atom. The summed E-state index contributed by atoms with van der Waals surface area (Å²) in [4.78, 5) is 3.50. The molecule has 0 saturated heterocycles. The number of hydrogen-bond acceptors (Lipinski definition) is 3. The fourth-order valence-electron chi connectivity index (χ4n) is 1.66. The van der Waals surface area contributed by atoms with Crippen LogP contribution in [0.4, 0.5) is 0 Å². The van der Waals surface area contributed by atoms with E-state index in [-0.39, 0.29) is 0 Å². The number of benzene rings is 1. The second-order valence-corrected chi connectivity index (χ2v) is 6.96. The SMILES string of the molecule is CN(CCOc1cccc(Br)c1)Cc1ccc(Cl)s1. The Balaban J connectivity index is 1.73. The van der Waals surface area contributed by atoms with Crippen molar-refractivity contribution in [2.24, 2.45) is 0 Å². The number of thiophene rings is 1. The predicted octanol–water partition coefficient (Wildman–Crippen LogP) is 4.67. The summed E-state index contributed by atoms with van der Waals surface area (Å²) in [5, 5.41) is 0. The maximum Gasteiger partial charge on any atom is 0.120 e. The Morgan fingerprint density at radius 1 is 1.32 bits per heavy atom. The van der Waals surface area contributed by atoms with Gasteiger partial charge >= 0.3 is 0 Å². The van der Waals surface area contributed by atoms with Gasteiger partial charge < -0.3 is 4.74 Å². The van der Waals surface area contributed by atoms with E-state index in [0.29, 0.717) is 6.61 Å². The highest BCUT2D eigenvalue weighted by atomic mass is 79.9. The van der Waals surface area contributed by atoms with Gasteiger partial charge in [0, 0.05) is 22.4 Å². The van der Waals surface area contributed by atoms with Crippen LogP contribution in [0.25, 0.3) is 0 Å². The number of hydrogen-bond donors (Lipinski definition) is 0. The molecule has 0 spiro atoms. The molecule has 5 heteroatoms. The molecule has 2 nitrogen and oxygen atoms in total. The largest absolute Gasteiger partial charge is 0.492 e. The Bertz CT molecular complexity index is 532. The molecule has 1 aromatic carbocycles. The zero-order chi connectivity index (χ0) is 13.7. The van der Waals surface area contributed by atoms with Crippen LogP contribution in [-0.2, 0) is 6.54 Å². The van der Waals surface area contributed by atoms with Crippen LogP contribution < -0.4 is 4.74 Å². The summed E-state index contributed by atoms with van der Waals surface area (Å²) in [5.74, 6) is 0.891. The lowest BCUT2D eigenvalue weighted by Crippen LogP contribution is -2.23. The predicted molar refractivity (Wildman–Crippen MR) is 85.3 cm³/mol. The van der Waals surface area contributed by atoms with E-state index in [0.717, 1.165) is 27.6 Å². The minimum absolute atomic E-state index is 0.673. The van der Waals surface area contributed by atoms with E-state index in [4.69, 9.17) is 16.3 Å². The average molecular weight is 361 g/mol. The van der Waals surface area contributed by atoms with Gasteiger partial charge in [-0.15, -0.1) is 11.3 Å². The summed E-state index contributed by atoms with van der Waals surface area (Å²) >= 11 is 11.0. The van der Waals surface area contributed by atoms with Crippen LogP contribution in [0.5, 0.6) is 5.75 Å². The second-order valence-electron chi connectivity index (χ2n) is 4.25. The van der Waals surface area contributed by atoms with E-state index in [1.807, 2.05) is 30.3 Å². The molecule has 0 fully saturated rings. The minimum atomic E-state index is 0.673. The van der Waals surface area contributed by atoms with Crippen molar-refractivity contribution in [1.82, 2.24) is 4.90 Å². The molecule has 0 N–H and O–H groups in total. The van der Waals surface area contributed by atoms with E-state index < -0.39 is 0 Å². The molecule has 0 radical (unpaired) electrons. The van der Waals surface area contributed by atoms with Gasteiger partial charge in [-0.25, -0.2) is 0 Å². The van der Waals surface area contributed by atoms with Crippen molar-refractivity contribution in [3.05, 3.63) is 50.1 Å². The van der Waals surface area contributed by atoms with E-state index >= 15 is 0 Å². The number of likely N-dealkylation sites (N-methyl/N-ethyl adjacent to an activating group) is 1. The zero-order valence-electron chi connectivity index (χ0n) is 10.6. The molecule has 0 aliphatic heterocycles. The van der Waals surface area contributed by atoms with Gasteiger partial charge in [0.1, 0.15) is 12.4 Å². The third kappa shape index (κ3) is 5.15. The highest BCUT2D eigenvalue weighted by molar-refractivity contribution is 9.10. The van der Waals surface area contributed by atoms with Crippen LogP contribution >= 0.6 is 38.9 Å². The van der Waals surface area contributed by atoms with Crippen LogP contribution in [0.15, 0.2) is 40.9 Å². The van der Waals surface area contributed by atoms with Crippen LogP contribution in [0.2, 0.25) is 4.34 Å². The molecule has 2 aromatic rings. The van der Waals surface area contributed by atoms with Gasteiger partial charge in [-0.2, -0.15) is 0 Å². The number of nitrogens with zero attached hydrogens (tertiary/aromatic N) is 1. The standard InChI is InChI=1S/C14H15BrClNOS/c1-17(10-13-5-6-14(16)19-13)7-8-18-12-4-2-3-11(15)9-12/h2-6,9H,7-8,10H2,1H3. The van der Waals surface area contributed by atoms with Crippen molar-refractivity contribution in [3.63, 3.8) is 0 Å². The molecule has 0 saturated carbocycles. The van der Waals surface area contributed by atoms with Gasteiger partial charge in [-0.3, -0.25) is 4.90 Å². The van der Waals surface area contributed by atoms with Crippen LogP contribution in [0, 0.1) is 0 Å². The first-order valence-corrected chi connectivity index (χ1v) is 7.93. The quantitative estimate of drug-likeness (QED) is 0.742. The van der Waals surface area contributed by atoms with Crippen molar-refractivity contribution in [2.45, 2.75) is 6.54 Å². The summed E-state index contributed by atoms with van der Waals surface area (Å²) in [7, 11) is 2.08. The monoisotopic (exact) mass is 359 g/mol. The van der Waals surface area contributed by atoms with Gasteiger partial charge in [0.05, 0.1) is 4.34 Å². The normalized spacial score (nSPS) is 10.9. The first-order valence-electron chi connectivity index (χ1n) is 5.94. The summed E-state index contributed by atoms with van der Waals surface area (Å²) in [6.07, 6.45) is 0. The van der Waals surface area contributed by atoms with E-state index in [9.17, 15) is 0 Å². The van der Waals surface area contributed by atoms with Gasteiger partial charge in [-0.05, 0) is 37.4 Å². The molecule has 0 unspecified atom stereocenters. The Labute approximate surface area is 131 Å². The molecule has 0 aliphatic rings. The third-order valence-electron chi connectivity index (χ3n) is 2.59. The number of rotatable bonds is 6. The van der Waals surface area contributed by atoms with Gasteiger partial charge in [0.25, 0.3) is 0 Å². The van der Waals surface area contributed by atoms with E-state index in [2.05, 4.69) is 33.9 Å². The molecule has 0 atom stereocenters. The third-order valence-corrected chi connectivity index (χ3v) is 4.30. The van der Waals surface area contributed by atoms with Crippen molar-refractivity contribution < 1.29 is 4.74 Å². The molecule has 0 amide bonds. The molecule has 2 rings (SSSR count). The summed E-state index contributed by atoms with van der Waals surface area (Å²) in [5.41, 5.74) is 0. The minimum Gasteiger partial charge on any atom is -0.492 e. The van der Waals surface area contributed by atoms with Crippen molar-refractivity contribution in [3.8, 4) is 5.75 Å². The van der Waals surface area contributed by atoms with Gasteiger partial charge in [-0.1, -0.05) is 33.6 Å². The molecule has 19 heavy (non-hydrogen) atoms. The van der Waals surface area contributed by atoms with E-state index in [1.54, 1.807) is 11.3 Å². The molecule has 1 aromatic heterocycles. The average Bonchev–Trinajstić information content (AvgIpc) is 2.75. The molecule has 0 aliphatic carbocycles. The maximum atomic E-state index is 5.91. The number of halogens is 2. The first kappa shape index (κ1) is 14.9. The highest BCUT2D eigenvalue weighted by Crippen LogP contribution is 2.22. The lowest BCUT2D eigenvalue weighted by molar-refractivity contribution is 0.234. The second kappa shape index (κ2) is 7.29. The maximum absolute atomic E-state index is 5.91. The van der Waals surface area contributed by atoms with E-state index in [1.165, 1.54) is 4.88 Å². The Kier molecular flexibility index (Phi) is 5.70. The summed E-state index contributed by atoms with van der Waals surface area (Å²) in [6.45, 7) is 2.45. The van der Waals surface area contributed by atoms with Gasteiger partial charge in [0.15, 0.2) is 0 Å². The Morgan fingerprint density at radius 2 is 2.16 bits per heavy atom. The number of ether oxygens (including phenoxy) is 1. The lowest BCUT2D eigenvalue weighted by Gasteiger charge is -2.16. The lowest BCUT2D eigenvalue weighted by atomic mass is 10.3. The summed E-state index contributed by atoms with van der Waals surface area (Å²) in [6, 6.07) is 11.9. The highest BCUT2D eigenvalue weighted by Gasteiger charge is 2.03. The molecule has 0 bridgehead atoms. The van der Waals surface area contributed by atoms with Crippen molar-refractivity contribution in [2.75, 3.05) is 20.2 Å². The molecular weight excluding hydrogens is 346 g/mol. The fourth-order valence-corrected chi connectivity index (χ4v) is 3.20. The summed E-state index contributed by atoms with van der Waals surface area (Å²) < 4.78 is 7.58. The van der Waals surface area contributed by atoms with Gasteiger partial charge in [0.2, 0.25) is 0 Å². The molecule has 1 heterocycles. The first-order chi connectivity index (χ1) is 9.13. The van der Waals surface area contributed by atoms with Crippen LogP contribution in [0.1, 0.15) is 4.88 Å². The van der Waals surface area contributed by atoms with Crippen molar-refractivity contribution in [1.29, 1.82) is 0 Å². The van der Waals surface area contributed by atoms with Crippen molar-refractivity contribution >= 4 is 38.9 Å². The van der Waals surface area contributed by atoms with Crippen LogP contribution in [0.3, 0.4) is 0 Å². The zero-order valence-corrected chi connectivity index (χ0v) is 13.8.